The lowest BCUT2D eigenvalue weighted by Crippen LogP contribution is -2.33. The summed E-state index contributed by atoms with van der Waals surface area (Å²) in [7, 11) is 0. The molecule has 0 aliphatic heterocycles. The summed E-state index contributed by atoms with van der Waals surface area (Å²) >= 11 is 19.0. The maximum absolute atomic E-state index is 13.8. The van der Waals surface area contributed by atoms with Gasteiger partial charge in [0.05, 0.1) is 16.3 Å². The molecule has 156 valence electrons. The third-order valence-electron chi connectivity index (χ3n) is 6.23. The van der Waals surface area contributed by atoms with Gasteiger partial charge in [0.15, 0.2) is 0 Å². The van der Waals surface area contributed by atoms with Crippen LogP contribution in [0.25, 0.3) is 0 Å². The van der Waals surface area contributed by atoms with E-state index in [1.54, 1.807) is 23.1 Å². The molecule has 2 aliphatic carbocycles. The average Bonchev–Trinajstić information content (AvgIpc) is 3.28. The molecule has 0 N–H and O–H groups in total. The Morgan fingerprint density at radius 3 is 2.57 bits per heavy atom. The zero-order chi connectivity index (χ0) is 21.3. The van der Waals surface area contributed by atoms with Crippen molar-refractivity contribution in [2.45, 2.75) is 39.0 Å². The second kappa shape index (κ2) is 9.18. The normalized spacial score (nSPS) is 19.1. The largest absolute Gasteiger partial charge is 0.280 e. The monoisotopic (exact) mass is 459 g/mol. The standard InChI is InChI=1S/C25H24Cl3NO/c1-16-22(27)10-5-11-24(16)29(25(30)21-15-19(26)12-13-23(21)28)20-9-4-8-18(14-20)17-6-2-3-7-17/h4-5,8-13,15,17-18H,2-3,6-7,14H2,1H3. The molecule has 1 atom stereocenters. The first-order valence-corrected chi connectivity index (χ1v) is 11.5. The second-order valence-corrected chi connectivity index (χ2v) is 9.35. The molecule has 0 spiro atoms. The maximum atomic E-state index is 13.8. The number of allylic oxidation sites excluding steroid dienone is 4. The SMILES string of the molecule is Cc1c(Cl)cccc1N(C(=O)c1cc(Cl)ccc1Cl)C1=CC=CC(C2CCCC2)C1. The molecule has 0 heterocycles. The molecule has 0 saturated heterocycles. The van der Waals surface area contributed by atoms with E-state index in [1.165, 1.54) is 25.7 Å². The third kappa shape index (κ3) is 4.32. The maximum Gasteiger partial charge on any atom is 0.264 e. The summed E-state index contributed by atoms with van der Waals surface area (Å²) in [5.41, 5.74) is 2.98. The molecule has 0 radical (unpaired) electrons. The summed E-state index contributed by atoms with van der Waals surface area (Å²) in [5.74, 6) is 0.925. The van der Waals surface area contributed by atoms with E-state index in [2.05, 4.69) is 12.2 Å². The first kappa shape index (κ1) is 21.5. The van der Waals surface area contributed by atoms with Crippen LogP contribution in [0.1, 0.15) is 48.0 Å². The minimum absolute atomic E-state index is 0.195. The Labute approximate surface area is 193 Å². The summed E-state index contributed by atoms with van der Waals surface area (Å²) in [6, 6.07) is 10.6. The van der Waals surface area contributed by atoms with Gasteiger partial charge in [0.1, 0.15) is 0 Å². The highest BCUT2D eigenvalue weighted by Crippen LogP contribution is 2.40. The van der Waals surface area contributed by atoms with Crippen LogP contribution in [0, 0.1) is 18.8 Å². The number of nitrogens with zero attached hydrogens (tertiary/aromatic N) is 1. The van der Waals surface area contributed by atoms with Gasteiger partial charge in [-0.15, -0.1) is 0 Å². The Kier molecular flexibility index (Phi) is 6.57. The van der Waals surface area contributed by atoms with Gasteiger partial charge in [0, 0.05) is 15.7 Å². The van der Waals surface area contributed by atoms with Gasteiger partial charge in [-0.05, 0) is 80.0 Å². The van der Waals surface area contributed by atoms with Gasteiger partial charge in [0.2, 0.25) is 0 Å². The van der Waals surface area contributed by atoms with Crippen molar-refractivity contribution in [3.8, 4) is 0 Å². The smallest absolute Gasteiger partial charge is 0.264 e. The van der Waals surface area contributed by atoms with Crippen LogP contribution in [0.5, 0.6) is 0 Å². The summed E-state index contributed by atoms with van der Waals surface area (Å²) in [6.07, 6.45) is 12.3. The van der Waals surface area contributed by atoms with Crippen LogP contribution in [0.2, 0.25) is 15.1 Å². The molecular formula is C25H24Cl3NO. The van der Waals surface area contributed by atoms with E-state index in [0.29, 0.717) is 32.5 Å². The van der Waals surface area contributed by atoms with Crippen LogP contribution in [-0.2, 0) is 0 Å². The van der Waals surface area contributed by atoms with Gasteiger partial charge in [-0.2, -0.15) is 0 Å². The minimum Gasteiger partial charge on any atom is -0.280 e. The highest BCUT2D eigenvalue weighted by atomic mass is 35.5. The van der Waals surface area contributed by atoms with E-state index < -0.39 is 0 Å². The number of amides is 1. The van der Waals surface area contributed by atoms with Gasteiger partial charge >= 0.3 is 0 Å². The van der Waals surface area contributed by atoms with Gasteiger partial charge in [0.25, 0.3) is 5.91 Å². The van der Waals surface area contributed by atoms with Crippen molar-refractivity contribution in [2.75, 3.05) is 4.90 Å². The molecule has 2 aromatic rings. The number of halogens is 3. The average molecular weight is 461 g/mol. The molecule has 1 amide bonds. The van der Waals surface area contributed by atoms with Crippen LogP contribution >= 0.6 is 34.8 Å². The van der Waals surface area contributed by atoms with Gasteiger partial charge in [-0.3, -0.25) is 9.69 Å². The number of anilines is 1. The molecule has 30 heavy (non-hydrogen) atoms. The molecule has 1 unspecified atom stereocenters. The summed E-state index contributed by atoms with van der Waals surface area (Å²) < 4.78 is 0. The molecule has 2 aromatic carbocycles. The van der Waals surface area contributed by atoms with E-state index >= 15 is 0 Å². The quantitative estimate of drug-likeness (QED) is 0.449. The number of hydrogen-bond acceptors (Lipinski definition) is 1. The Balaban J connectivity index is 1.77. The number of benzene rings is 2. The fourth-order valence-electron chi connectivity index (χ4n) is 4.58. The Bertz CT molecular complexity index is 1020. The van der Waals surface area contributed by atoms with E-state index in [1.807, 2.05) is 31.2 Å². The first-order valence-electron chi connectivity index (χ1n) is 10.4. The van der Waals surface area contributed by atoms with E-state index in [0.717, 1.165) is 23.4 Å². The van der Waals surface area contributed by atoms with Crippen LogP contribution in [0.4, 0.5) is 5.69 Å². The summed E-state index contributed by atoms with van der Waals surface area (Å²) in [6.45, 7) is 1.94. The highest BCUT2D eigenvalue weighted by molar-refractivity contribution is 6.36. The topological polar surface area (TPSA) is 20.3 Å². The number of rotatable bonds is 4. The fraction of sp³-hybridized carbons (Fsp3) is 0.320. The summed E-state index contributed by atoms with van der Waals surface area (Å²) in [4.78, 5) is 15.6. The zero-order valence-electron chi connectivity index (χ0n) is 16.9. The molecule has 4 rings (SSSR count). The zero-order valence-corrected chi connectivity index (χ0v) is 19.1. The van der Waals surface area contributed by atoms with Crippen molar-refractivity contribution in [2.24, 2.45) is 11.8 Å². The fourth-order valence-corrected chi connectivity index (χ4v) is 5.12. The molecule has 1 fully saturated rings. The minimum atomic E-state index is -0.195. The van der Waals surface area contributed by atoms with E-state index in [9.17, 15) is 4.79 Å². The molecule has 0 bridgehead atoms. The first-order chi connectivity index (χ1) is 14.5. The number of carbonyl (C=O) groups is 1. The van der Waals surface area contributed by atoms with E-state index in [-0.39, 0.29) is 5.91 Å². The van der Waals surface area contributed by atoms with Crippen molar-refractivity contribution < 1.29 is 4.79 Å². The lowest BCUT2D eigenvalue weighted by atomic mass is 9.84. The number of carbonyl (C=O) groups excluding carboxylic acids is 1. The van der Waals surface area contributed by atoms with Crippen molar-refractivity contribution in [1.29, 1.82) is 0 Å². The lowest BCUT2D eigenvalue weighted by Gasteiger charge is -2.32. The van der Waals surface area contributed by atoms with Gasteiger partial charge in [-0.1, -0.05) is 65.9 Å². The van der Waals surface area contributed by atoms with Crippen molar-refractivity contribution in [3.63, 3.8) is 0 Å². The Morgan fingerprint density at radius 1 is 1.03 bits per heavy atom. The van der Waals surface area contributed by atoms with Crippen LogP contribution in [-0.4, -0.2) is 5.91 Å². The Hall–Kier alpha value is -1.74. The Morgan fingerprint density at radius 2 is 1.80 bits per heavy atom. The van der Waals surface area contributed by atoms with E-state index in [4.69, 9.17) is 34.8 Å². The molecule has 2 aliphatic rings. The predicted molar refractivity (Wildman–Crippen MR) is 127 cm³/mol. The molecular weight excluding hydrogens is 437 g/mol. The van der Waals surface area contributed by atoms with Crippen molar-refractivity contribution in [3.05, 3.63) is 86.5 Å². The van der Waals surface area contributed by atoms with Crippen molar-refractivity contribution in [1.82, 2.24) is 0 Å². The van der Waals surface area contributed by atoms with Crippen molar-refractivity contribution >= 4 is 46.4 Å². The van der Waals surface area contributed by atoms with Crippen LogP contribution in [0.3, 0.4) is 0 Å². The van der Waals surface area contributed by atoms with Crippen LogP contribution in [0.15, 0.2) is 60.3 Å². The molecule has 5 heteroatoms. The van der Waals surface area contributed by atoms with Gasteiger partial charge < -0.3 is 0 Å². The molecule has 0 aromatic heterocycles. The highest BCUT2D eigenvalue weighted by Gasteiger charge is 2.31. The molecule has 1 saturated carbocycles. The summed E-state index contributed by atoms with van der Waals surface area (Å²) in [5, 5.41) is 1.49. The third-order valence-corrected chi connectivity index (χ3v) is 7.20. The molecule has 2 nitrogen and oxygen atoms in total. The number of hydrogen-bond donors (Lipinski definition) is 0. The van der Waals surface area contributed by atoms with Crippen LogP contribution < -0.4 is 4.90 Å². The second-order valence-electron chi connectivity index (χ2n) is 8.10. The predicted octanol–water partition coefficient (Wildman–Crippen LogP) is 8.25. The van der Waals surface area contributed by atoms with Gasteiger partial charge in [-0.25, -0.2) is 0 Å². The lowest BCUT2D eigenvalue weighted by molar-refractivity contribution is 0.0993.